The quantitative estimate of drug-likeness (QED) is 0.175. The number of para-hydroxylation sites is 2. The highest BCUT2D eigenvalue weighted by Crippen LogP contribution is 2.38. The first kappa shape index (κ1) is 22.6. The Morgan fingerprint density at radius 1 is 0.375 bits per heavy atom. The van der Waals surface area contributed by atoms with Gasteiger partial charge in [0, 0.05) is 38.9 Å². The van der Waals surface area contributed by atoms with Crippen LogP contribution in [-0.4, -0.2) is 9.97 Å². The first-order chi connectivity index (χ1) is 19.8. The summed E-state index contributed by atoms with van der Waals surface area (Å²) in [6, 6.07) is 49.6. The van der Waals surface area contributed by atoms with Crippen molar-refractivity contribution in [3.8, 4) is 33.4 Å². The zero-order valence-corrected chi connectivity index (χ0v) is 21.8. The Bertz CT molecular complexity index is 2190. The Balaban J connectivity index is 1.22. The molecule has 0 N–H and O–H groups in total. The van der Waals surface area contributed by atoms with Crippen molar-refractivity contribution in [1.29, 1.82) is 0 Å². The first-order valence-corrected chi connectivity index (χ1v) is 13.6. The molecule has 0 aliphatic carbocycles. The molecule has 8 rings (SSSR count). The van der Waals surface area contributed by atoms with Gasteiger partial charge in [0.1, 0.15) is 0 Å². The van der Waals surface area contributed by atoms with Crippen LogP contribution in [0.15, 0.2) is 146 Å². The Morgan fingerprint density at radius 2 is 1.02 bits per heavy atom. The number of pyridine rings is 2. The van der Waals surface area contributed by atoms with E-state index in [0.717, 1.165) is 27.5 Å². The average Bonchev–Trinajstić information content (AvgIpc) is 3.03. The minimum absolute atomic E-state index is 1.02. The normalized spacial score (nSPS) is 11.5. The number of rotatable bonds is 3. The molecule has 0 saturated heterocycles. The lowest BCUT2D eigenvalue weighted by Gasteiger charge is -2.14. The van der Waals surface area contributed by atoms with Crippen molar-refractivity contribution in [2.75, 3.05) is 0 Å². The molecule has 2 aromatic heterocycles. The SMILES string of the molecule is c1cnc2c(-c3ccc(-c4ccc(-c5c6ccccc6nc6c5ccc5ccccc56)cc4)cc3)cccc2c1. The Hall–Kier alpha value is -5.34. The third-order valence-corrected chi connectivity index (χ3v) is 7.91. The summed E-state index contributed by atoms with van der Waals surface area (Å²) in [4.78, 5) is 9.74. The van der Waals surface area contributed by atoms with Crippen molar-refractivity contribution in [1.82, 2.24) is 9.97 Å². The van der Waals surface area contributed by atoms with Crippen LogP contribution >= 0.6 is 0 Å². The summed E-state index contributed by atoms with van der Waals surface area (Å²) >= 11 is 0. The van der Waals surface area contributed by atoms with Gasteiger partial charge in [0.05, 0.1) is 16.6 Å². The molecule has 0 aliphatic rings. The molecule has 0 fully saturated rings. The molecule has 0 aliphatic heterocycles. The predicted molar refractivity (Wildman–Crippen MR) is 168 cm³/mol. The van der Waals surface area contributed by atoms with Crippen LogP contribution in [0.5, 0.6) is 0 Å². The molecule has 0 radical (unpaired) electrons. The van der Waals surface area contributed by atoms with Gasteiger partial charge in [-0.3, -0.25) is 4.98 Å². The molecule has 0 spiro atoms. The molecule has 2 nitrogen and oxygen atoms in total. The van der Waals surface area contributed by atoms with Crippen LogP contribution in [0.1, 0.15) is 0 Å². The zero-order valence-electron chi connectivity index (χ0n) is 21.8. The van der Waals surface area contributed by atoms with E-state index in [4.69, 9.17) is 4.98 Å². The minimum Gasteiger partial charge on any atom is -0.256 e. The molecule has 2 heterocycles. The van der Waals surface area contributed by atoms with Crippen molar-refractivity contribution in [2.24, 2.45) is 0 Å². The fraction of sp³-hybridized carbons (Fsp3) is 0. The Kier molecular flexibility index (Phi) is 5.17. The van der Waals surface area contributed by atoms with Gasteiger partial charge < -0.3 is 0 Å². The van der Waals surface area contributed by atoms with Gasteiger partial charge in [-0.1, -0.05) is 127 Å². The van der Waals surface area contributed by atoms with Crippen LogP contribution < -0.4 is 0 Å². The van der Waals surface area contributed by atoms with Crippen LogP contribution in [-0.2, 0) is 0 Å². The Morgan fingerprint density at radius 3 is 1.85 bits per heavy atom. The number of fused-ring (bicyclic) bond motifs is 5. The highest BCUT2D eigenvalue weighted by molar-refractivity contribution is 6.16. The van der Waals surface area contributed by atoms with Gasteiger partial charge in [-0.15, -0.1) is 0 Å². The molecule has 0 unspecified atom stereocenters. The summed E-state index contributed by atoms with van der Waals surface area (Å²) in [7, 11) is 0. The fourth-order valence-electron chi connectivity index (χ4n) is 5.95. The van der Waals surface area contributed by atoms with E-state index >= 15 is 0 Å². The van der Waals surface area contributed by atoms with E-state index in [9.17, 15) is 0 Å². The summed E-state index contributed by atoms with van der Waals surface area (Å²) in [5.41, 5.74) is 10.2. The van der Waals surface area contributed by atoms with Gasteiger partial charge in [0.25, 0.3) is 0 Å². The van der Waals surface area contributed by atoms with E-state index in [0.29, 0.717) is 0 Å². The van der Waals surface area contributed by atoms with Gasteiger partial charge in [0.2, 0.25) is 0 Å². The van der Waals surface area contributed by atoms with Gasteiger partial charge >= 0.3 is 0 Å². The van der Waals surface area contributed by atoms with E-state index in [1.807, 2.05) is 12.3 Å². The van der Waals surface area contributed by atoms with Crippen LogP contribution in [0.4, 0.5) is 0 Å². The third kappa shape index (κ3) is 3.65. The van der Waals surface area contributed by atoms with Gasteiger partial charge in [-0.25, -0.2) is 4.98 Å². The molecule has 2 heteroatoms. The predicted octanol–water partition coefficient (Wildman–Crippen LogP) is 10.1. The summed E-state index contributed by atoms with van der Waals surface area (Å²) < 4.78 is 0. The number of aromatic nitrogens is 2. The van der Waals surface area contributed by atoms with Crippen molar-refractivity contribution in [3.05, 3.63) is 146 Å². The number of hydrogen-bond acceptors (Lipinski definition) is 2. The molecule has 186 valence electrons. The van der Waals surface area contributed by atoms with Crippen LogP contribution in [0.3, 0.4) is 0 Å². The number of nitrogens with zero attached hydrogens (tertiary/aromatic N) is 2. The van der Waals surface area contributed by atoms with E-state index in [2.05, 4.69) is 138 Å². The van der Waals surface area contributed by atoms with Crippen molar-refractivity contribution in [2.45, 2.75) is 0 Å². The Labute approximate surface area is 232 Å². The second kappa shape index (κ2) is 9.14. The maximum absolute atomic E-state index is 5.10. The molecule has 0 amide bonds. The molecule has 0 bridgehead atoms. The first-order valence-electron chi connectivity index (χ1n) is 13.6. The van der Waals surface area contributed by atoms with Gasteiger partial charge in [-0.05, 0) is 39.8 Å². The van der Waals surface area contributed by atoms with Gasteiger partial charge in [-0.2, -0.15) is 0 Å². The van der Waals surface area contributed by atoms with Crippen molar-refractivity contribution in [3.63, 3.8) is 0 Å². The standard InChI is InChI=1S/C38H24N2/c1-2-10-32-27(7-1)22-23-34-36(33-11-3-4-13-35(33)40-38(32)34)29-20-16-26(17-21-29)25-14-18-28(19-15-25)31-12-5-8-30-9-6-24-39-37(30)31/h1-24H. The van der Waals surface area contributed by atoms with Crippen molar-refractivity contribution < 1.29 is 0 Å². The summed E-state index contributed by atoms with van der Waals surface area (Å²) in [6.07, 6.45) is 1.86. The van der Waals surface area contributed by atoms with E-state index in [-0.39, 0.29) is 0 Å². The molecule has 40 heavy (non-hydrogen) atoms. The minimum atomic E-state index is 1.02. The monoisotopic (exact) mass is 508 g/mol. The topological polar surface area (TPSA) is 25.8 Å². The van der Waals surface area contributed by atoms with E-state index in [1.165, 1.54) is 49.4 Å². The molecule has 0 saturated carbocycles. The largest absolute Gasteiger partial charge is 0.256 e. The second-order valence-electron chi connectivity index (χ2n) is 10.2. The van der Waals surface area contributed by atoms with Crippen molar-refractivity contribution >= 4 is 43.5 Å². The van der Waals surface area contributed by atoms with E-state index in [1.54, 1.807) is 0 Å². The summed E-state index contributed by atoms with van der Waals surface area (Å²) in [5.74, 6) is 0. The fourth-order valence-corrected chi connectivity index (χ4v) is 5.95. The van der Waals surface area contributed by atoms with E-state index < -0.39 is 0 Å². The molecular weight excluding hydrogens is 484 g/mol. The highest BCUT2D eigenvalue weighted by Gasteiger charge is 2.13. The summed E-state index contributed by atoms with van der Waals surface area (Å²) in [6.45, 7) is 0. The number of hydrogen-bond donors (Lipinski definition) is 0. The van der Waals surface area contributed by atoms with Crippen LogP contribution in [0.25, 0.3) is 76.9 Å². The maximum Gasteiger partial charge on any atom is 0.0794 e. The third-order valence-electron chi connectivity index (χ3n) is 7.91. The lowest BCUT2D eigenvalue weighted by molar-refractivity contribution is 1.41. The lowest BCUT2D eigenvalue weighted by Crippen LogP contribution is -1.90. The molecular formula is C38H24N2. The van der Waals surface area contributed by atoms with Gasteiger partial charge in [0.15, 0.2) is 0 Å². The highest BCUT2D eigenvalue weighted by atomic mass is 14.7. The summed E-state index contributed by atoms with van der Waals surface area (Å²) in [5, 5.41) is 5.90. The van der Waals surface area contributed by atoms with Crippen LogP contribution in [0, 0.1) is 0 Å². The molecule has 8 aromatic rings. The van der Waals surface area contributed by atoms with Crippen LogP contribution in [0.2, 0.25) is 0 Å². The molecule has 0 atom stereocenters. The average molecular weight is 509 g/mol. The zero-order chi connectivity index (χ0) is 26.5. The molecule has 6 aromatic carbocycles. The number of benzene rings is 6. The smallest absolute Gasteiger partial charge is 0.0794 e. The maximum atomic E-state index is 5.10. The lowest BCUT2D eigenvalue weighted by atomic mass is 9.92. The second-order valence-corrected chi connectivity index (χ2v) is 10.2.